The van der Waals surface area contributed by atoms with Gasteiger partial charge in [0.1, 0.15) is 5.75 Å². The maximum atomic E-state index is 5.46. The summed E-state index contributed by atoms with van der Waals surface area (Å²) in [5, 5.41) is 6.04. The highest BCUT2D eigenvalue weighted by Crippen LogP contribution is 2.35. The normalized spacial score (nSPS) is 10.7. The second-order valence-electron chi connectivity index (χ2n) is 6.37. The Kier molecular flexibility index (Phi) is 4.32. The molecule has 4 rings (SSSR count). The molecule has 2 nitrogen and oxygen atoms in total. The third kappa shape index (κ3) is 3.02. The van der Waals surface area contributed by atoms with Crippen LogP contribution in [0.25, 0.3) is 21.9 Å². The smallest absolute Gasteiger partial charge is 0.123 e. The monoisotopic (exact) mass is 339 g/mol. The van der Waals surface area contributed by atoms with Crippen molar-refractivity contribution in [2.45, 2.75) is 6.92 Å². The van der Waals surface area contributed by atoms with Crippen LogP contribution < -0.4 is 10.1 Å². The van der Waals surface area contributed by atoms with Gasteiger partial charge in [-0.25, -0.2) is 0 Å². The van der Waals surface area contributed by atoms with Crippen molar-refractivity contribution in [3.63, 3.8) is 0 Å². The van der Waals surface area contributed by atoms with Crippen molar-refractivity contribution in [3.8, 4) is 16.9 Å². The van der Waals surface area contributed by atoms with Gasteiger partial charge in [-0.05, 0) is 47.7 Å². The van der Waals surface area contributed by atoms with Gasteiger partial charge in [-0.1, -0.05) is 60.7 Å². The minimum atomic E-state index is 0.888. The van der Waals surface area contributed by atoms with E-state index in [2.05, 4.69) is 79.0 Å². The summed E-state index contributed by atoms with van der Waals surface area (Å²) in [6.07, 6.45) is 0. The number of nitrogens with one attached hydrogen (secondary N) is 1. The molecule has 0 bridgehead atoms. The Balaban J connectivity index is 1.86. The van der Waals surface area contributed by atoms with Crippen molar-refractivity contribution in [3.05, 3.63) is 90.5 Å². The first-order chi connectivity index (χ1) is 12.8. The predicted molar refractivity (Wildman–Crippen MR) is 110 cm³/mol. The number of rotatable bonds is 4. The fourth-order valence-corrected chi connectivity index (χ4v) is 3.33. The molecule has 0 saturated heterocycles. The maximum absolute atomic E-state index is 5.46. The van der Waals surface area contributed by atoms with Gasteiger partial charge >= 0.3 is 0 Å². The average molecular weight is 339 g/mol. The molecule has 0 amide bonds. The van der Waals surface area contributed by atoms with E-state index in [0.29, 0.717) is 0 Å². The summed E-state index contributed by atoms with van der Waals surface area (Å²) in [6.45, 7) is 2.07. The van der Waals surface area contributed by atoms with E-state index in [1.165, 1.54) is 21.9 Å². The standard InChI is InChI=1S/C24H21NO/c1-17-22(13-8-14-24(17)26-2)25-23-16-20(18-9-4-3-5-10-18)15-19-11-6-7-12-21(19)23/h3-16,25H,1-2H3. The van der Waals surface area contributed by atoms with E-state index in [9.17, 15) is 0 Å². The molecule has 1 N–H and O–H groups in total. The lowest BCUT2D eigenvalue weighted by atomic mass is 9.99. The van der Waals surface area contributed by atoms with Gasteiger partial charge in [-0.3, -0.25) is 0 Å². The fourth-order valence-electron chi connectivity index (χ4n) is 3.33. The molecule has 0 atom stereocenters. The van der Waals surface area contributed by atoms with Crippen LogP contribution in [0.2, 0.25) is 0 Å². The van der Waals surface area contributed by atoms with E-state index in [-0.39, 0.29) is 0 Å². The van der Waals surface area contributed by atoms with E-state index < -0.39 is 0 Å². The van der Waals surface area contributed by atoms with Crippen molar-refractivity contribution in [1.29, 1.82) is 0 Å². The third-order valence-electron chi connectivity index (χ3n) is 4.74. The Morgan fingerprint density at radius 2 is 1.46 bits per heavy atom. The lowest BCUT2D eigenvalue weighted by Crippen LogP contribution is -1.97. The number of fused-ring (bicyclic) bond motifs is 1. The second kappa shape index (κ2) is 6.93. The van der Waals surface area contributed by atoms with Gasteiger partial charge in [-0.15, -0.1) is 0 Å². The molecule has 128 valence electrons. The molecule has 26 heavy (non-hydrogen) atoms. The predicted octanol–water partition coefficient (Wildman–Crippen LogP) is 6.57. The van der Waals surface area contributed by atoms with E-state index >= 15 is 0 Å². The molecule has 0 radical (unpaired) electrons. The SMILES string of the molecule is COc1cccc(Nc2cc(-c3ccccc3)cc3ccccc23)c1C. The largest absolute Gasteiger partial charge is 0.496 e. The minimum Gasteiger partial charge on any atom is -0.496 e. The van der Waals surface area contributed by atoms with Gasteiger partial charge in [0.2, 0.25) is 0 Å². The maximum Gasteiger partial charge on any atom is 0.123 e. The van der Waals surface area contributed by atoms with Crippen molar-refractivity contribution < 1.29 is 4.74 Å². The summed E-state index contributed by atoms with van der Waals surface area (Å²) < 4.78 is 5.46. The summed E-state index contributed by atoms with van der Waals surface area (Å²) in [5.74, 6) is 0.888. The van der Waals surface area contributed by atoms with E-state index in [0.717, 1.165) is 22.7 Å². The van der Waals surface area contributed by atoms with Crippen LogP contribution in [0, 0.1) is 6.92 Å². The highest BCUT2D eigenvalue weighted by Gasteiger charge is 2.09. The molecular weight excluding hydrogens is 318 g/mol. The Bertz CT molecular complexity index is 1050. The molecule has 4 aromatic carbocycles. The minimum absolute atomic E-state index is 0.888. The van der Waals surface area contributed by atoms with Crippen LogP contribution in [0.4, 0.5) is 11.4 Å². The van der Waals surface area contributed by atoms with Gasteiger partial charge in [-0.2, -0.15) is 0 Å². The number of hydrogen-bond donors (Lipinski definition) is 1. The number of benzene rings is 4. The van der Waals surface area contributed by atoms with Crippen LogP contribution in [-0.2, 0) is 0 Å². The van der Waals surface area contributed by atoms with Gasteiger partial charge in [0.25, 0.3) is 0 Å². The Hall–Kier alpha value is -3.26. The van der Waals surface area contributed by atoms with Crippen LogP contribution in [0.3, 0.4) is 0 Å². The molecule has 0 aliphatic rings. The van der Waals surface area contributed by atoms with Gasteiger partial charge < -0.3 is 10.1 Å². The molecule has 2 heteroatoms. The number of hydrogen-bond acceptors (Lipinski definition) is 2. The van der Waals surface area contributed by atoms with Crippen LogP contribution in [-0.4, -0.2) is 7.11 Å². The lowest BCUT2D eigenvalue weighted by Gasteiger charge is -2.16. The molecule has 0 saturated carbocycles. The zero-order valence-corrected chi connectivity index (χ0v) is 15.0. The molecule has 0 heterocycles. The highest BCUT2D eigenvalue weighted by atomic mass is 16.5. The first-order valence-electron chi connectivity index (χ1n) is 8.75. The summed E-state index contributed by atoms with van der Waals surface area (Å²) in [6, 6.07) is 29.5. The Labute approximate surface area is 154 Å². The van der Waals surface area contributed by atoms with Gasteiger partial charge in [0.15, 0.2) is 0 Å². The fraction of sp³-hybridized carbons (Fsp3) is 0.0833. The van der Waals surface area contributed by atoms with Crippen LogP contribution in [0.5, 0.6) is 5.75 Å². The van der Waals surface area contributed by atoms with E-state index in [1.54, 1.807) is 7.11 Å². The number of ether oxygens (including phenoxy) is 1. The van der Waals surface area contributed by atoms with Crippen molar-refractivity contribution in [1.82, 2.24) is 0 Å². The molecule has 0 spiro atoms. The molecule has 4 aromatic rings. The summed E-state index contributed by atoms with van der Waals surface area (Å²) in [5.41, 5.74) is 5.67. The number of anilines is 2. The molecular formula is C24H21NO. The van der Waals surface area contributed by atoms with Crippen LogP contribution in [0.1, 0.15) is 5.56 Å². The third-order valence-corrected chi connectivity index (χ3v) is 4.74. The van der Waals surface area contributed by atoms with Crippen molar-refractivity contribution in [2.24, 2.45) is 0 Å². The first kappa shape index (κ1) is 16.2. The van der Waals surface area contributed by atoms with Crippen molar-refractivity contribution >= 4 is 22.1 Å². The van der Waals surface area contributed by atoms with Crippen LogP contribution in [0.15, 0.2) is 84.9 Å². The molecule has 0 unspecified atom stereocenters. The van der Waals surface area contributed by atoms with Crippen LogP contribution >= 0.6 is 0 Å². The molecule has 0 aromatic heterocycles. The van der Waals surface area contributed by atoms with Gasteiger partial charge in [0, 0.05) is 22.3 Å². The lowest BCUT2D eigenvalue weighted by molar-refractivity contribution is 0.412. The summed E-state index contributed by atoms with van der Waals surface area (Å²) in [4.78, 5) is 0. The quantitative estimate of drug-likeness (QED) is 0.454. The first-order valence-corrected chi connectivity index (χ1v) is 8.75. The van der Waals surface area contributed by atoms with E-state index in [4.69, 9.17) is 4.74 Å². The Morgan fingerprint density at radius 1 is 0.692 bits per heavy atom. The second-order valence-corrected chi connectivity index (χ2v) is 6.37. The zero-order chi connectivity index (χ0) is 17.9. The Morgan fingerprint density at radius 3 is 2.27 bits per heavy atom. The average Bonchev–Trinajstić information content (AvgIpc) is 2.70. The summed E-state index contributed by atoms with van der Waals surface area (Å²) in [7, 11) is 1.71. The van der Waals surface area contributed by atoms with Gasteiger partial charge in [0.05, 0.1) is 7.11 Å². The molecule has 0 aliphatic heterocycles. The zero-order valence-electron chi connectivity index (χ0n) is 15.0. The van der Waals surface area contributed by atoms with E-state index in [1.807, 2.05) is 18.2 Å². The topological polar surface area (TPSA) is 21.3 Å². The molecule has 0 fully saturated rings. The van der Waals surface area contributed by atoms with Crippen molar-refractivity contribution in [2.75, 3.05) is 12.4 Å². The molecule has 0 aliphatic carbocycles. The number of methoxy groups -OCH3 is 1. The highest BCUT2D eigenvalue weighted by molar-refractivity contribution is 5.99. The summed E-state index contributed by atoms with van der Waals surface area (Å²) >= 11 is 0.